The Balaban J connectivity index is 1.35. The van der Waals surface area contributed by atoms with Crippen LogP contribution in [0.5, 0.6) is 0 Å². The monoisotopic (exact) mass is 533 g/mol. The molecule has 5 aromatic rings. The number of nitrogens with one attached hydrogen (secondary N) is 1. The standard InChI is InChI=1S/C30H27N7O3/c31-26-22(7-4-16-32-26)27-36-24-15-14-23(18-5-2-1-3-6-18)35-28(24)37(27)21-12-13-25(33-17-21)29(38)34-20-10-8-19(9-11-20)30(39)40/h1-7,12-17,19-20H,8-11H2,(H2,31,32)(H,34,38)(H,39,40). The molecule has 10 nitrogen and oxygen atoms in total. The quantitative estimate of drug-likeness (QED) is 0.289. The van der Waals surface area contributed by atoms with E-state index in [1.807, 2.05) is 53.1 Å². The number of nitrogen functional groups attached to an aromatic ring is 1. The van der Waals surface area contributed by atoms with Crippen LogP contribution in [0.2, 0.25) is 0 Å². The lowest BCUT2D eigenvalue weighted by Gasteiger charge is -2.26. The van der Waals surface area contributed by atoms with Crippen molar-refractivity contribution in [3.63, 3.8) is 0 Å². The first-order valence-corrected chi connectivity index (χ1v) is 13.1. The molecule has 40 heavy (non-hydrogen) atoms. The third-order valence-corrected chi connectivity index (χ3v) is 7.30. The molecule has 1 aliphatic carbocycles. The highest BCUT2D eigenvalue weighted by molar-refractivity contribution is 5.92. The van der Waals surface area contributed by atoms with Gasteiger partial charge in [0.25, 0.3) is 5.91 Å². The third kappa shape index (κ3) is 4.86. The molecule has 4 N–H and O–H groups in total. The summed E-state index contributed by atoms with van der Waals surface area (Å²) in [5.41, 5.74) is 10.9. The molecule has 0 unspecified atom stereocenters. The molecule has 1 saturated carbocycles. The Kier molecular flexibility index (Phi) is 6.65. The summed E-state index contributed by atoms with van der Waals surface area (Å²) < 4.78 is 1.87. The van der Waals surface area contributed by atoms with Crippen LogP contribution in [0.1, 0.15) is 36.2 Å². The average molecular weight is 534 g/mol. The second-order valence-electron chi connectivity index (χ2n) is 9.87. The second-order valence-corrected chi connectivity index (χ2v) is 9.87. The van der Waals surface area contributed by atoms with Gasteiger partial charge in [0.1, 0.15) is 17.0 Å². The van der Waals surface area contributed by atoms with Gasteiger partial charge in [-0.05, 0) is 62.1 Å². The normalized spacial score (nSPS) is 17.0. The van der Waals surface area contributed by atoms with Crippen molar-refractivity contribution in [1.82, 2.24) is 29.8 Å². The SMILES string of the molecule is Nc1ncccc1-c1nc2ccc(-c3ccccc3)nc2n1-c1ccc(C(=O)NC2CCC(C(=O)O)CC2)nc1. The zero-order chi connectivity index (χ0) is 27.6. The minimum absolute atomic E-state index is 0.0667. The predicted octanol–water partition coefficient (Wildman–Crippen LogP) is 4.50. The summed E-state index contributed by atoms with van der Waals surface area (Å²) in [6, 6.07) is 20.8. The van der Waals surface area contributed by atoms with Gasteiger partial charge >= 0.3 is 5.97 Å². The molecule has 0 spiro atoms. The van der Waals surface area contributed by atoms with Gasteiger partial charge < -0.3 is 16.2 Å². The molecule has 1 aliphatic rings. The number of aliphatic carboxylic acids is 1. The number of hydrogen-bond acceptors (Lipinski definition) is 7. The summed E-state index contributed by atoms with van der Waals surface area (Å²) >= 11 is 0. The molecular formula is C30H27N7O3. The van der Waals surface area contributed by atoms with Gasteiger partial charge in [0.2, 0.25) is 0 Å². The van der Waals surface area contributed by atoms with Crippen molar-refractivity contribution < 1.29 is 14.7 Å². The predicted molar refractivity (Wildman–Crippen MR) is 151 cm³/mol. The van der Waals surface area contributed by atoms with E-state index in [-0.39, 0.29) is 23.6 Å². The molecule has 1 amide bonds. The van der Waals surface area contributed by atoms with Crippen LogP contribution in [0.25, 0.3) is 39.5 Å². The van der Waals surface area contributed by atoms with Crippen molar-refractivity contribution >= 4 is 28.9 Å². The summed E-state index contributed by atoms with van der Waals surface area (Å²) in [5, 5.41) is 12.2. The summed E-state index contributed by atoms with van der Waals surface area (Å²) in [5.74, 6) is -0.500. The van der Waals surface area contributed by atoms with Crippen molar-refractivity contribution in [2.75, 3.05) is 5.73 Å². The number of anilines is 1. The number of hydrogen-bond donors (Lipinski definition) is 3. The fourth-order valence-electron chi connectivity index (χ4n) is 5.16. The molecular weight excluding hydrogens is 506 g/mol. The van der Waals surface area contributed by atoms with E-state index in [1.165, 1.54) is 0 Å². The largest absolute Gasteiger partial charge is 0.481 e. The topological polar surface area (TPSA) is 149 Å². The molecule has 1 aromatic carbocycles. The Labute approximate surface area is 230 Å². The number of imidazole rings is 1. The lowest BCUT2D eigenvalue weighted by Crippen LogP contribution is -2.39. The van der Waals surface area contributed by atoms with Gasteiger partial charge in [-0.3, -0.25) is 14.2 Å². The third-order valence-electron chi connectivity index (χ3n) is 7.30. The minimum Gasteiger partial charge on any atom is -0.481 e. The molecule has 0 saturated heterocycles. The average Bonchev–Trinajstić information content (AvgIpc) is 3.36. The number of carboxylic acids is 1. The van der Waals surface area contributed by atoms with Crippen molar-refractivity contribution in [1.29, 1.82) is 0 Å². The van der Waals surface area contributed by atoms with E-state index in [2.05, 4.69) is 15.3 Å². The Hall–Kier alpha value is -5.12. The summed E-state index contributed by atoms with van der Waals surface area (Å²) in [4.78, 5) is 42.6. The molecule has 4 aromatic heterocycles. The van der Waals surface area contributed by atoms with Crippen LogP contribution in [0.4, 0.5) is 5.82 Å². The van der Waals surface area contributed by atoms with Crippen molar-refractivity contribution in [2.24, 2.45) is 5.92 Å². The maximum atomic E-state index is 12.9. The van der Waals surface area contributed by atoms with Crippen LogP contribution in [0, 0.1) is 5.92 Å². The van der Waals surface area contributed by atoms with Gasteiger partial charge in [-0.25, -0.2) is 19.9 Å². The van der Waals surface area contributed by atoms with Crippen molar-refractivity contribution in [3.8, 4) is 28.3 Å². The number of nitrogens with two attached hydrogens (primary N) is 1. The first kappa shape index (κ1) is 25.2. The Bertz CT molecular complexity index is 1690. The molecule has 4 heterocycles. The lowest BCUT2D eigenvalue weighted by atomic mass is 9.86. The first-order chi connectivity index (χ1) is 19.5. The van der Waals surface area contributed by atoms with Gasteiger partial charge in [-0.1, -0.05) is 30.3 Å². The van der Waals surface area contributed by atoms with E-state index in [0.29, 0.717) is 59.7 Å². The van der Waals surface area contributed by atoms with Crippen LogP contribution in [-0.4, -0.2) is 47.5 Å². The molecule has 0 aliphatic heterocycles. The van der Waals surface area contributed by atoms with E-state index < -0.39 is 5.97 Å². The Morgan fingerprint density at radius 2 is 1.70 bits per heavy atom. The highest BCUT2D eigenvalue weighted by Crippen LogP contribution is 2.31. The van der Waals surface area contributed by atoms with Gasteiger partial charge in [-0.15, -0.1) is 0 Å². The maximum Gasteiger partial charge on any atom is 0.306 e. The van der Waals surface area contributed by atoms with E-state index in [9.17, 15) is 14.7 Å². The molecule has 0 bridgehead atoms. The van der Waals surface area contributed by atoms with Crippen LogP contribution in [-0.2, 0) is 4.79 Å². The fourth-order valence-corrected chi connectivity index (χ4v) is 5.16. The number of amides is 1. The fraction of sp³-hybridized carbons (Fsp3) is 0.200. The number of benzene rings is 1. The van der Waals surface area contributed by atoms with E-state index >= 15 is 0 Å². The van der Waals surface area contributed by atoms with E-state index in [4.69, 9.17) is 15.7 Å². The second kappa shape index (κ2) is 10.6. The molecule has 0 radical (unpaired) electrons. The van der Waals surface area contributed by atoms with Crippen molar-refractivity contribution in [2.45, 2.75) is 31.7 Å². The lowest BCUT2D eigenvalue weighted by molar-refractivity contribution is -0.142. The minimum atomic E-state index is -0.771. The smallest absolute Gasteiger partial charge is 0.306 e. The highest BCUT2D eigenvalue weighted by Gasteiger charge is 2.27. The molecule has 200 valence electrons. The zero-order valence-corrected chi connectivity index (χ0v) is 21.6. The van der Waals surface area contributed by atoms with Gasteiger partial charge in [0, 0.05) is 17.8 Å². The number of carbonyl (C=O) groups is 2. The maximum absolute atomic E-state index is 12.9. The number of nitrogens with zero attached hydrogens (tertiary/aromatic N) is 5. The van der Waals surface area contributed by atoms with Crippen LogP contribution in [0.15, 0.2) is 79.1 Å². The van der Waals surface area contributed by atoms with Gasteiger partial charge in [-0.2, -0.15) is 0 Å². The number of rotatable bonds is 6. The summed E-state index contributed by atoms with van der Waals surface area (Å²) in [6.07, 6.45) is 5.61. The number of pyridine rings is 3. The molecule has 0 atom stereocenters. The summed E-state index contributed by atoms with van der Waals surface area (Å²) in [7, 11) is 0. The molecule has 1 fully saturated rings. The van der Waals surface area contributed by atoms with Gasteiger partial charge in [0.05, 0.1) is 29.1 Å². The number of fused-ring (bicyclic) bond motifs is 1. The molecule has 10 heteroatoms. The zero-order valence-electron chi connectivity index (χ0n) is 21.6. The first-order valence-electron chi connectivity index (χ1n) is 13.1. The van der Waals surface area contributed by atoms with Crippen LogP contribution in [0.3, 0.4) is 0 Å². The Morgan fingerprint density at radius 3 is 2.40 bits per heavy atom. The number of carbonyl (C=O) groups excluding carboxylic acids is 1. The van der Waals surface area contributed by atoms with Crippen molar-refractivity contribution in [3.05, 3.63) is 84.8 Å². The molecule has 6 rings (SSSR count). The van der Waals surface area contributed by atoms with Gasteiger partial charge in [0.15, 0.2) is 11.5 Å². The summed E-state index contributed by atoms with van der Waals surface area (Å²) in [6.45, 7) is 0. The van der Waals surface area contributed by atoms with E-state index in [1.54, 1.807) is 30.6 Å². The van der Waals surface area contributed by atoms with Crippen LogP contribution >= 0.6 is 0 Å². The highest BCUT2D eigenvalue weighted by atomic mass is 16.4. The number of carboxylic acid groups (broad SMARTS) is 1. The van der Waals surface area contributed by atoms with E-state index in [0.717, 1.165) is 11.3 Å². The Morgan fingerprint density at radius 1 is 0.900 bits per heavy atom. The van der Waals surface area contributed by atoms with Crippen LogP contribution < -0.4 is 11.1 Å². The number of aromatic nitrogens is 5.